The summed E-state index contributed by atoms with van der Waals surface area (Å²) in [4.78, 5) is 4.30. The predicted octanol–water partition coefficient (Wildman–Crippen LogP) is 3.35. The molecule has 1 unspecified atom stereocenters. The Kier molecular flexibility index (Phi) is 4.79. The fraction of sp³-hybridized carbons (Fsp3) is 0.417. The van der Waals surface area contributed by atoms with Crippen LogP contribution in [0.1, 0.15) is 31.5 Å². The van der Waals surface area contributed by atoms with E-state index in [9.17, 15) is 0 Å². The van der Waals surface area contributed by atoms with Gasteiger partial charge < -0.3 is 5.32 Å². The van der Waals surface area contributed by atoms with Crippen molar-refractivity contribution in [2.45, 2.75) is 25.8 Å². The zero-order valence-electron chi connectivity index (χ0n) is 9.26. The Morgan fingerprint density at radius 3 is 2.93 bits per heavy atom. The molecule has 1 atom stereocenters. The van der Waals surface area contributed by atoms with E-state index in [2.05, 4.69) is 16.9 Å². The number of pyridine rings is 1. The molecule has 3 heteroatoms. The number of hydrogen-bond donors (Lipinski definition) is 1. The predicted molar refractivity (Wildman–Crippen MR) is 65.1 cm³/mol. The smallest absolute Gasteiger partial charge is 0.0758 e. The van der Waals surface area contributed by atoms with E-state index in [0.29, 0.717) is 0 Å². The largest absolute Gasteiger partial charge is 0.312 e. The first kappa shape index (κ1) is 12.2. The molecule has 0 aliphatic carbocycles. The molecule has 0 aromatic carbocycles. The van der Waals surface area contributed by atoms with Gasteiger partial charge in [-0.15, -0.1) is 6.58 Å². The molecule has 0 spiro atoms. The molecule has 15 heavy (non-hydrogen) atoms. The Balaban J connectivity index is 2.74. The van der Waals surface area contributed by atoms with Crippen molar-refractivity contribution >= 4 is 11.6 Å². The van der Waals surface area contributed by atoms with Crippen LogP contribution < -0.4 is 5.32 Å². The molecule has 1 N–H and O–H groups in total. The topological polar surface area (TPSA) is 24.9 Å². The SMILES string of the molecule is C=C(C)CCC(NC)c1ncccc1Cl. The van der Waals surface area contributed by atoms with Gasteiger partial charge in [-0.05, 0) is 38.9 Å². The molecule has 0 bridgehead atoms. The molecule has 0 saturated heterocycles. The van der Waals surface area contributed by atoms with Crippen molar-refractivity contribution in [3.63, 3.8) is 0 Å². The summed E-state index contributed by atoms with van der Waals surface area (Å²) in [6.07, 6.45) is 3.73. The van der Waals surface area contributed by atoms with Crippen molar-refractivity contribution in [1.82, 2.24) is 10.3 Å². The van der Waals surface area contributed by atoms with Crippen molar-refractivity contribution in [3.05, 3.63) is 41.2 Å². The van der Waals surface area contributed by atoms with Crippen LogP contribution in [-0.2, 0) is 0 Å². The minimum Gasteiger partial charge on any atom is -0.312 e. The monoisotopic (exact) mass is 224 g/mol. The summed E-state index contributed by atoms with van der Waals surface area (Å²) in [5, 5.41) is 3.95. The number of hydrogen-bond acceptors (Lipinski definition) is 2. The third kappa shape index (κ3) is 3.65. The number of halogens is 1. The van der Waals surface area contributed by atoms with Crippen molar-refractivity contribution in [3.8, 4) is 0 Å². The standard InChI is InChI=1S/C12H17ClN2/c1-9(2)6-7-11(14-3)12-10(13)5-4-8-15-12/h4-5,8,11,14H,1,6-7H2,2-3H3. The van der Waals surface area contributed by atoms with Gasteiger partial charge in [-0.1, -0.05) is 17.2 Å². The molecule has 2 nitrogen and oxygen atoms in total. The molecule has 1 aromatic rings. The lowest BCUT2D eigenvalue weighted by molar-refractivity contribution is 0.535. The molecule has 0 saturated carbocycles. The Hall–Kier alpha value is -0.860. The Morgan fingerprint density at radius 1 is 1.67 bits per heavy atom. The second kappa shape index (κ2) is 5.89. The summed E-state index contributed by atoms with van der Waals surface area (Å²) in [5.74, 6) is 0. The van der Waals surface area contributed by atoms with Crippen LogP contribution in [0.2, 0.25) is 5.02 Å². The first-order chi connectivity index (χ1) is 7.15. The van der Waals surface area contributed by atoms with Gasteiger partial charge >= 0.3 is 0 Å². The van der Waals surface area contributed by atoms with Crippen LogP contribution in [0.15, 0.2) is 30.5 Å². The van der Waals surface area contributed by atoms with Gasteiger partial charge in [-0.2, -0.15) is 0 Å². The summed E-state index contributed by atoms with van der Waals surface area (Å²) in [7, 11) is 1.92. The lowest BCUT2D eigenvalue weighted by atomic mass is 10.0. The minimum absolute atomic E-state index is 0.204. The quantitative estimate of drug-likeness (QED) is 0.776. The van der Waals surface area contributed by atoms with Gasteiger partial charge in [0.05, 0.1) is 16.8 Å². The minimum atomic E-state index is 0.204. The summed E-state index contributed by atoms with van der Waals surface area (Å²) < 4.78 is 0. The van der Waals surface area contributed by atoms with E-state index in [4.69, 9.17) is 11.6 Å². The molecule has 0 radical (unpaired) electrons. The summed E-state index contributed by atoms with van der Waals surface area (Å²) in [6.45, 7) is 5.93. The van der Waals surface area contributed by atoms with Gasteiger partial charge in [0.15, 0.2) is 0 Å². The highest BCUT2D eigenvalue weighted by Gasteiger charge is 2.13. The highest BCUT2D eigenvalue weighted by Crippen LogP contribution is 2.24. The van der Waals surface area contributed by atoms with E-state index in [1.54, 1.807) is 6.20 Å². The zero-order valence-corrected chi connectivity index (χ0v) is 10.0. The van der Waals surface area contributed by atoms with Crippen molar-refractivity contribution < 1.29 is 0 Å². The number of nitrogens with one attached hydrogen (secondary N) is 1. The number of allylic oxidation sites excluding steroid dienone is 1. The maximum atomic E-state index is 6.09. The van der Waals surface area contributed by atoms with Crippen molar-refractivity contribution in [2.75, 3.05) is 7.05 Å². The Labute approximate surface area is 96.4 Å². The Bertz CT molecular complexity index is 336. The van der Waals surface area contributed by atoms with E-state index in [0.717, 1.165) is 23.6 Å². The average molecular weight is 225 g/mol. The molecule has 1 rings (SSSR count). The number of aromatic nitrogens is 1. The summed E-state index contributed by atoms with van der Waals surface area (Å²) in [6, 6.07) is 3.92. The average Bonchev–Trinajstić information content (AvgIpc) is 2.21. The molecule has 0 aliphatic heterocycles. The highest BCUT2D eigenvalue weighted by molar-refractivity contribution is 6.31. The first-order valence-corrected chi connectivity index (χ1v) is 5.45. The maximum absolute atomic E-state index is 6.09. The number of rotatable bonds is 5. The van der Waals surface area contributed by atoms with Crippen LogP contribution in [0.4, 0.5) is 0 Å². The number of nitrogens with zero attached hydrogens (tertiary/aromatic N) is 1. The van der Waals surface area contributed by atoms with Crippen LogP contribution >= 0.6 is 11.6 Å². The van der Waals surface area contributed by atoms with Crippen LogP contribution in [0.3, 0.4) is 0 Å². The molecule has 0 amide bonds. The summed E-state index contributed by atoms with van der Waals surface area (Å²) in [5.41, 5.74) is 2.10. The van der Waals surface area contributed by atoms with Gasteiger partial charge in [0.2, 0.25) is 0 Å². The second-order valence-corrected chi connectivity index (χ2v) is 4.11. The Morgan fingerprint density at radius 2 is 2.40 bits per heavy atom. The normalized spacial score (nSPS) is 12.5. The van der Waals surface area contributed by atoms with Crippen molar-refractivity contribution in [1.29, 1.82) is 0 Å². The molecule has 1 heterocycles. The third-order valence-electron chi connectivity index (χ3n) is 2.33. The second-order valence-electron chi connectivity index (χ2n) is 3.71. The zero-order chi connectivity index (χ0) is 11.3. The lowest BCUT2D eigenvalue weighted by Gasteiger charge is -2.16. The van der Waals surface area contributed by atoms with Crippen LogP contribution in [-0.4, -0.2) is 12.0 Å². The molecule has 82 valence electrons. The first-order valence-electron chi connectivity index (χ1n) is 5.07. The molecule has 0 fully saturated rings. The van der Waals surface area contributed by atoms with E-state index in [1.165, 1.54) is 5.57 Å². The van der Waals surface area contributed by atoms with E-state index >= 15 is 0 Å². The molecule has 0 aliphatic rings. The third-order valence-corrected chi connectivity index (χ3v) is 2.64. The van der Waals surface area contributed by atoms with Gasteiger partial charge in [-0.3, -0.25) is 4.98 Å². The van der Waals surface area contributed by atoms with E-state index in [1.807, 2.05) is 26.1 Å². The fourth-order valence-electron chi connectivity index (χ4n) is 1.46. The fourth-order valence-corrected chi connectivity index (χ4v) is 1.72. The van der Waals surface area contributed by atoms with Crippen molar-refractivity contribution in [2.24, 2.45) is 0 Å². The van der Waals surface area contributed by atoms with Gasteiger partial charge in [0.25, 0.3) is 0 Å². The van der Waals surface area contributed by atoms with E-state index < -0.39 is 0 Å². The van der Waals surface area contributed by atoms with Gasteiger partial charge in [0, 0.05) is 6.20 Å². The maximum Gasteiger partial charge on any atom is 0.0758 e. The van der Waals surface area contributed by atoms with Crippen LogP contribution in [0.25, 0.3) is 0 Å². The van der Waals surface area contributed by atoms with Crippen LogP contribution in [0, 0.1) is 0 Å². The van der Waals surface area contributed by atoms with Crippen LogP contribution in [0.5, 0.6) is 0 Å². The van der Waals surface area contributed by atoms with Gasteiger partial charge in [-0.25, -0.2) is 0 Å². The highest BCUT2D eigenvalue weighted by atomic mass is 35.5. The lowest BCUT2D eigenvalue weighted by Crippen LogP contribution is -2.18. The van der Waals surface area contributed by atoms with E-state index in [-0.39, 0.29) is 6.04 Å². The molecule has 1 aromatic heterocycles. The molecular formula is C12H17ClN2. The van der Waals surface area contributed by atoms with Gasteiger partial charge in [0.1, 0.15) is 0 Å². The molecular weight excluding hydrogens is 208 g/mol. The summed E-state index contributed by atoms with van der Waals surface area (Å²) >= 11 is 6.09.